The molecule has 0 saturated carbocycles. The van der Waals surface area contributed by atoms with Gasteiger partial charge in [-0.15, -0.1) is 0 Å². The number of aryl methyl sites for hydroxylation is 1. The lowest BCUT2D eigenvalue weighted by Crippen LogP contribution is -2.21. The zero-order chi connectivity index (χ0) is 14.2. The Kier molecular flexibility index (Phi) is 6.54. The zero-order valence-corrected chi connectivity index (χ0v) is 12.9. The highest BCUT2D eigenvalue weighted by Crippen LogP contribution is 2.18. The Balaban J connectivity index is 1.64. The fourth-order valence-corrected chi connectivity index (χ4v) is 2.51. The van der Waals surface area contributed by atoms with E-state index in [9.17, 15) is 0 Å². The molecule has 0 bridgehead atoms. The summed E-state index contributed by atoms with van der Waals surface area (Å²) >= 11 is 0. The standard InChI is InChI=1S/C16H28N2O2/c1-13(2)11-17-8-5-7-16-18-12-15(20-16)10-14-6-3-4-9-19-14/h12-14,17H,3-11H2,1-2H3. The maximum atomic E-state index is 5.80. The predicted molar refractivity (Wildman–Crippen MR) is 79.8 cm³/mol. The molecular weight excluding hydrogens is 252 g/mol. The Hall–Kier alpha value is -0.870. The first-order valence-electron chi connectivity index (χ1n) is 8.00. The van der Waals surface area contributed by atoms with E-state index in [1.165, 1.54) is 12.8 Å². The topological polar surface area (TPSA) is 47.3 Å². The summed E-state index contributed by atoms with van der Waals surface area (Å²) in [6, 6.07) is 0. The van der Waals surface area contributed by atoms with E-state index < -0.39 is 0 Å². The zero-order valence-electron chi connectivity index (χ0n) is 12.9. The number of rotatable bonds is 8. The number of aromatic nitrogens is 1. The maximum Gasteiger partial charge on any atom is 0.194 e. The van der Waals surface area contributed by atoms with E-state index in [-0.39, 0.29) is 0 Å². The van der Waals surface area contributed by atoms with Crippen LogP contribution in [-0.4, -0.2) is 30.8 Å². The first-order valence-corrected chi connectivity index (χ1v) is 8.00. The summed E-state index contributed by atoms with van der Waals surface area (Å²) in [4.78, 5) is 4.36. The number of oxazole rings is 1. The second-order valence-electron chi connectivity index (χ2n) is 6.11. The van der Waals surface area contributed by atoms with Crippen molar-refractivity contribution in [3.8, 4) is 0 Å². The van der Waals surface area contributed by atoms with Gasteiger partial charge in [0.05, 0.1) is 12.3 Å². The van der Waals surface area contributed by atoms with Gasteiger partial charge in [-0.25, -0.2) is 4.98 Å². The first-order chi connectivity index (χ1) is 9.74. The molecule has 0 spiro atoms. The third kappa shape index (κ3) is 5.63. The van der Waals surface area contributed by atoms with Crippen LogP contribution in [0.4, 0.5) is 0 Å². The largest absolute Gasteiger partial charge is 0.446 e. The molecule has 0 aliphatic carbocycles. The normalized spacial score (nSPS) is 19.6. The molecule has 1 N–H and O–H groups in total. The van der Waals surface area contributed by atoms with E-state index >= 15 is 0 Å². The van der Waals surface area contributed by atoms with E-state index in [2.05, 4.69) is 24.1 Å². The van der Waals surface area contributed by atoms with Gasteiger partial charge in [0.1, 0.15) is 5.76 Å². The monoisotopic (exact) mass is 280 g/mol. The maximum absolute atomic E-state index is 5.80. The van der Waals surface area contributed by atoms with Gasteiger partial charge in [-0.3, -0.25) is 0 Å². The van der Waals surface area contributed by atoms with Gasteiger partial charge in [0.2, 0.25) is 0 Å². The SMILES string of the molecule is CC(C)CNCCCc1ncc(CC2CCCCO2)o1. The highest BCUT2D eigenvalue weighted by atomic mass is 16.5. The average molecular weight is 280 g/mol. The van der Waals surface area contributed by atoms with Crippen LogP contribution in [0, 0.1) is 5.92 Å². The van der Waals surface area contributed by atoms with Crippen LogP contribution in [0.15, 0.2) is 10.6 Å². The first kappa shape index (κ1) is 15.5. The molecule has 1 aromatic rings. The van der Waals surface area contributed by atoms with Crippen LogP contribution in [-0.2, 0) is 17.6 Å². The second kappa shape index (κ2) is 8.42. The minimum Gasteiger partial charge on any atom is -0.446 e. The molecule has 1 aliphatic heterocycles. The van der Waals surface area contributed by atoms with Crippen molar-refractivity contribution in [1.82, 2.24) is 10.3 Å². The average Bonchev–Trinajstić information content (AvgIpc) is 2.87. The van der Waals surface area contributed by atoms with Gasteiger partial charge in [-0.2, -0.15) is 0 Å². The van der Waals surface area contributed by atoms with Crippen LogP contribution in [0.25, 0.3) is 0 Å². The molecule has 1 aromatic heterocycles. The van der Waals surface area contributed by atoms with Gasteiger partial charge in [-0.1, -0.05) is 13.8 Å². The number of nitrogens with one attached hydrogen (secondary N) is 1. The molecule has 0 aromatic carbocycles. The summed E-state index contributed by atoms with van der Waals surface area (Å²) < 4.78 is 11.5. The van der Waals surface area contributed by atoms with Crippen molar-refractivity contribution in [2.45, 2.75) is 58.5 Å². The molecule has 2 rings (SSSR count). The third-order valence-corrected chi connectivity index (χ3v) is 3.60. The molecule has 0 amide bonds. The van der Waals surface area contributed by atoms with Gasteiger partial charge in [0.25, 0.3) is 0 Å². The highest BCUT2D eigenvalue weighted by molar-refractivity contribution is 4.96. The van der Waals surface area contributed by atoms with Crippen molar-refractivity contribution in [1.29, 1.82) is 0 Å². The molecule has 2 heterocycles. The molecule has 1 aliphatic rings. The quantitative estimate of drug-likeness (QED) is 0.744. The van der Waals surface area contributed by atoms with Crippen LogP contribution in [0.2, 0.25) is 0 Å². The lowest BCUT2D eigenvalue weighted by Gasteiger charge is -2.21. The van der Waals surface area contributed by atoms with E-state index in [0.29, 0.717) is 12.0 Å². The molecular formula is C16H28N2O2. The van der Waals surface area contributed by atoms with Crippen LogP contribution < -0.4 is 5.32 Å². The van der Waals surface area contributed by atoms with E-state index in [0.717, 1.165) is 57.0 Å². The Bertz CT molecular complexity index is 370. The minimum atomic E-state index is 0.331. The number of ether oxygens (including phenoxy) is 1. The summed E-state index contributed by atoms with van der Waals surface area (Å²) in [5.41, 5.74) is 0. The van der Waals surface area contributed by atoms with Crippen molar-refractivity contribution in [2.75, 3.05) is 19.7 Å². The van der Waals surface area contributed by atoms with Gasteiger partial charge >= 0.3 is 0 Å². The Morgan fingerprint density at radius 1 is 1.40 bits per heavy atom. The van der Waals surface area contributed by atoms with Crippen LogP contribution in [0.5, 0.6) is 0 Å². The number of hydrogen-bond acceptors (Lipinski definition) is 4. The molecule has 4 heteroatoms. The van der Waals surface area contributed by atoms with E-state index in [1.54, 1.807) is 0 Å². The highest BCUT2D eigenvalue weighted by Gasteiger charge is 2.16. The summed E-state index contributed by atoms with van der Waals surface area (Å²) in [5, 5.41) is 3.44. The lowest BCUT2D eigenvalue weighted by molar-refractivity contribution is 0.0138. The van der Waals surface area contributed by atoms with Gasteiger partial charge in [0.15, 0.2) is 5.89 Å². The van der Waals surface area contributed by atoms with E-state index in [1.807, 2.05) is 6.20 Å². The fourth-order valence-electron chi connectivity index (χ4n) is 2.51. The minimum absolute atomic E-state index is 0.331. The molecule has 1 unspecified atom stereocenters. The summed E-state index contributed by atoms with van der Waals surface area (Å²) in [7, 11) is 0. The Morgan fingerprint density at radius 3 is 3.05 bits per heavy atom. The third-order valence-electron chi connectivity index (χ3n) is 3.60. The van der Waals surface area contributed by atoms with Crippen molar-refractivity contribution in [3.63, 3.8) is 0 Å². The predicted octanol–water partition coefficient (Wildman–Crippen LogP) is 2.96. The summed E-state index contributed by atoms with van der Waals surface area (Å²) in [6.45, 7) is 7.45. The Labute approximate surface area is 122 Å². The van der Waals surface area contributed by atoms with Crippen LogP contribution >= 0.6 is 0 Å². The van der Waals surface area contributed by atoms with Gasteiger partial charge in [0, 0.05) is 19.4 Å². The Morgan fingerprint density at radius 2 is 2.30 bits per heavy atom. The van der Waals surface area contributed by atoms with Crippen molar-refractivity contribution < 1.29 is 9.15 Å². The molecule has 114 valence electrons. The van der Waals surface area contributed by atoms with Crippen molar-refractivity contribution >= 4 is 0 Å². The smallest absolute Gasteiger partial charge is 0.194 e. The second-order valence-corrected chi connectivity index (χ2v) is 6.11. The van der Waals surface area contributed by atoms with Crippen molar-refractivity contribution in [2.24, 2.45) is 5.92 Å². The summed E-state index contributed by atoms with van der Waals surface area (Å²) in [6.07, 6.45) is 8.68. The van der Waals surface area contributed by atoms with Crippen LogP contribution in [0.3, 0.4) is 0 Å². The summed E-state index contributed by atoms with van der Waals surface area (Å²) in [5.74, 6) is 2.54. The van der Waals surface area contributed by atoms with Gasteiger partial charge in [-0.05, 0) is 44.7 Å². The van der Waals surface area contributed by atoms with Crippen molar-refractivity contribution in [3.05, 3.63) is 17.8 Å². The lowest BCUT2D eigenvalue weighted by atomic mass is 10.1. The number of hydrogen-bond donors (Lipinski definition) is 1. The molecule has 20 heavy (non-hydrogen) atoms. The fraction of sp³-hybridized carbons (Fsp3) is 0.812. The van der Waals surface area contributed by atoms with Crippen LogP contribution in [0.1, 0.15) is 51.2 Å². The molecule has 0 radical (unpaired) electrons. The van der Waals surface area contributed by atoms with Gasteiger partial charge < -0.3 is 14.5 Å². The molecule has 1 atom stereocenters. The molecule has 4 nitrogen and oxygen atoms in total. The molecule has 1 saturated heterocycles. The van der Waals surface area contributed by atoms with E-state index in [4.69, 9.17) is 9.15 Å². The number of nitrogens with zero attached hydrogens (tertiary/aromatic N) is 1. The molecule has 1 fully saturated rings.